The van der Waals surface area contributed by atoms with Crippen LogP contribution in [0, 0.1) is 0 Å². The number of carbonyl (C=O) groups excluding carboxylic acids is 1. The van der Waals surface area contributed by atoms with Gasteiger partial charge in [0.05, 0.1) is 0 Å². The Bertz CT molecular complexity index is 699. The first-order chi connectivity index (χ1) is 9.40. The van der Waals surface area contributed by atoms with Crippen molar-refractivity contribution in [3.63, 3.8) is 0 Å². The number of anilines is 2. The zero-order chi connectivity index (χ0) is 14.8. The SMILES string of the molecule is NC(=O)N(S)c1ccc(S(=O)(=O)Nc2nccs2)cn1. The third-order valence-corrected chi connectivity index (χ3v) is 4.65. The third kappa shape index (κ3) is 3.18. The van der Waals surface area contributed by atoms with Crippen molar-refractivity contribution < 1.29 is 13.2 Å². The van der Waals surface area contributed by atoms with Crippen molar-refractivity contribution in [1.82, 2.24) is 9.97 Å². The van der Waals surface area contributed by atoms with E-state index in [0.717, 1.165) is 21.8 Å². The number of pyridine rings is 1. The highest BCUT2D eigenvalue weighted by Gasteiger charge is 2.17. The fourth-order valence-electron chi connectivity index (χ4n) is 1.22. The highest BCUT2D eigenvalue weighted by Crippen LogP contribution is 2.19. The van der Waals surface area contributed by atoms with Crippen molar-refractivity contribution in [3.8, 4) is 0 Å². The highest BCUT2D eigenvalue weighted by atomic mass is 32.2. The average Bonchev–Trinajstić information content (AvgIpc) is 2.90. The Labute approximate surface area is 124 Å². The zero-order valence-electron chi connectivity index (χ0n) is 9.79. The van der Waals surface area contributed by atoms with Crippen LogP contribution < -0.4 is 14.8 Å². The van der Waals surface area contributed by atoms with Gasteiger partial charge in [-0.25, -0.2) is 27.5 Å². The average molecular weight is 331 g/mol. The van der Waals surface area contributed by atoms with Crippen molar-refractivity contribution in [2.45, 2.75) is 4.90 Å². The van der Waals surface area contributed by atoms with Gasteiger partial charge in [-0.05, 0) is 12.1 Å². The van der Waals surface area contributed by atoms with E-state index in [9.17, 15) is 13.2 Å². The van der Waals surface area contributed by atoms with E-state index in [1.165, 1.54) is 18.3 Å². The largest absolute Gasteiger partial charge is 0.350 e. The minimum absolute atomic E-state index is 0.0670. The predicted octanol–water partition coefficient (Wildman–Crippen LogP) is 1.07. The van der Waals surface area contributed by atoms with Gasteiger partial charge in [-0.1, -0.05) is 12.8 Å². The van der Waals surface area contributed by atoms with Crippen LogP contribution in [0.4, 0.5) is 15.7 Å². The number of hydrogen-bond acceptors (Lipinski definition) is 7. The van der Waals surface area contributed by atoms with Gasteiger partial charge in [0.15, 0.2) is 5.13 Å². The van der Waals surface area contributed by atoms with Crippen LogP contribution in [0.1, 0.15) is 0 Å². The van der Waals surface area contributed by atoms with Crippen LogP contribution in [0.25, 0.3) is 0 Å². The van der Waals surface area contributed by atoms with Gasteiger partial charge in [-0.3, -0.25) is 4.72 Å². The summed E-state index contributed by atoms with van der Waals surface area (Å²) in [6, 6.07) is 1.77. The molecule has 0 spiro atoms. The van der Waals surface area contributed by atoms with Gasteiger partial charge in [0.1, 0.15) is 10.7 Å². The number of carbonyl (C=O) groups is 1. The number of nitrogens with two attached hydrogens (primary N) is 1. The Kier molecular flexibility index (Phi) is 4.11. The molecule has 3 N–H and O–H groups in total. The number of nitrogens with zero attached hydrogens (tertiary/aromatic N) is 3. The van der Waals surface area contributed by atoms with Gasteiger partial charge in [0.25, 0.3) is 10.0 Å². The summed E-state index contributed by atoms with van der Waals surface area (Å²) in [5, 5.41) is 1.90. The molecule has 0 saturated carbocycles. The van der Waals surface area contributed by atoms with E-state index in [1.54, 1.807) is 5.38 Å². The molecule has 2 aromatic heterocycles. The fraction of sp³-hybridized carbons (Fsp3) is 0. The molecular formula is C9H9N5O3S3. The maximum absolute atomic E-state index is 12.0. The Morgan fingerprint density at radius 2 is 2.15 bits per heavy atom. The van der Waals surface area contributed by atoms with Crippen molar-refractivity contribution in [1.29, 1.82) is 0 Å². The number of urea groups is 1. The number of sulfonamides is 1. The number of rotatable bonds is 4. The van der Waals surface area contributed by atoms with E-state index < -0.39 is 16.1 Å². The molecule has 20 heavy (non-hydrogen) atoms. The van der Waals surface area contributed by atoms with Crippen molar-refractivity contribution in [2.75, 3.05) is 9.03 Å². The van der Waals surface area contributed by atoms with Crippen LogP contribution in [-0.4, -0.2) is 24.4 Å². The van der Waals surface area contributed by atoms with E-state index in [1.807, 2.05) is 0 Å². The monoisotopic (exact) mass is 331 g/mol. The van der Waals surface area contributed by atoms with Crippen LogP contribution in [0.2, 0.25) is 0 Å². The van der Waals surface area contributed by atoms with Crippen LogP contribution in [0.3, 0.4) is 0 Å². The van der Waals surface area contributed by atoms with Crippen LogP contribution >= 0.6 is 24.2 Å². The zero-order valence-corrected chi connectivity index (χ0v) is 12.3. The number of thiazole rings is 1. The van der Waals surface area contributed by atoms with Crippen molar-refractivity contribution >= 4 is 51.2 Å². The van der Waals surface area contributed by atoms with E-state index in [2.05, 4.69) is 27.5 Å². The summed E-state index contributed by atoms with van der Waals surface area (Å²) < 4.78 is 27.1. The first kappa shape index (κ1) is 14.6. The summed E-state index contributed by atoms with van der Waals surface area (Å²) in [5.41, 5.74) is 5.02. The lowest BCUT2D eigenvalue weighted by Crippen LogP contribution is -2.28. The van der Waals surface area contributed by atoms with Crippen LogP contribution in [-0.2, 0) is 10.0 Å². The Morgan fingerprint density at radius 3 is 2.65 bits per heavy atom. The molecule has 0 aliphatic heterocycles. The number of aromatic nitrogens is 2. The lowest BCUT2D eigenvalue weighted by atomic mass is 10.4. The molecule has 8 nitrogen and oxygen atoms in total. The molecule has 11 heteroatoms. The normalized spacial score (nSPS) is 11.1. The Balaban J connectivity index is 2.23. The number of amides is 2. The lowest BCUT2D eigenvalue weighted by molar-refractivity contribution is 0.257. The number of hydrogen-bond donors (Lipinski definition) is 3. The first-order valence-electron chi connectivity index (χ1n) is 5.07. The molecule has 2 rings (SSSR count). The summed E-state index contributed by atoms with van der Waals surface area (Å²) in [6.07, 6.45) is 2.58. The number of primary amides is 1. The van der Waals surface area contributed by atoms with Gasteiger partial charge >= 0.3 is 6.03 Å². The molecule has 2 aromatic rings. The molecule has 0 bridgehead atoms. The minimum Gasteiger partial charge on any atom is -0.350 e. The van der Waals surface area contributed by atoms with E-state index in [4.69, 9.17) is 5.73 Å². The summed E-state index contributed by atoms with van der Waals surface area (Å²) in [5.74, 6) is 0.119. The smallest absolute Gasteiger partial charge is 0.330 e. The van der Waals surface area contributed by atoms with Gasteiger partial charge in [0, 0.05) is 17.8 Å². The highest BCUT2D eigenvalue weighted by molar-refractivity contribution is 7.93. The molecular weight excluding hydrogens is 322 g/mol. The molecule has 2 heterocycles. The summed E-state index contributed by atoms with van der Waals surface area (Å²) in [6.45, 7) is 0. The maximum Gasteiger partial charge on any atom is 0.330 e. The van der Waals surface area contributed by atoms with E-state index >= 15 is 0 Å². The lowest BCUT2D eigenvalue weighted by Gasteiger charge is -2.11. The van der Waals surface area contributed by atoms with Gasteiger partial charge in [-0.2, -0.15) is 0 Å². The predicted molar refractivity (Wildman–Crippen MR) is 78.2 cm³/mol. The molecule has 2 amide bonds. The quantitative estimate of drug-likeness (QED) is 0.724. The fourth-order valence-corrected chi connectivity index (χ4v) is 3.07. The molecule has 0 saturated heterocycles. The number of thiol groups is 1. The van der Waals surface area contributed by atoms with Crippen LogP contribution in [0.5, 0.6) is 0 Å². The van der Waals surface area contributed by atoms with Gasteiger partial charge < -0.3 is 5.73 Å². The molecule has 0 fully saturated rings. The molecule has 0 atom stereocenters. The molecule has 0 aliphatic carbocycles. The second-order valence-electron chi connectivity index (χ2n) is 3.44. The van der Waals surface area contributed by atoms with Crippen molar-refractivity contribution in [2.24, 2.45) is 5.73 Å². The Hall–Kier alpha value is -1.85. The molecule has 0 radical (unpaired) electrons. The van der Waals surface area contributed by atoms with E-state index in [-0.39, 0.29) is 15.8 Å². The molecule has 0 aromatic carbocycles. The van der Waals surface area contributed by atoms with Crippen molar-refractivity contribution in [3.05, 3.63) is 29.9 Å². The van der Waals surface area contributed by atoms with E-state index in [0.29, 0.717) is 0 Å². The topological polar surface area (TPSA) is 118 Å². The third-order valence-electron chi connectivity index (χ3n) is 2.11. The number of nitrogens with one attached hydrogen (secondary N) is 1. The molecule has 106 valence electrons. The summed E-state index contributed by atoms with van der Waals surface area (Å²) in [7, 11) is -3.77. The minimum atomic E-state index is -3.77. The summed E-state index contributed by atoms with van der Waals surface area (Å²) in [4.78, 5) is 18.5. The second-order valence-corrected chi connectivity index (χ2v) is 6.42. The standard InChI is InChI=1S/C9H9N5O3S3/c10-8(15)14(18)7-2-1-6(5-12-7)20(16,17)13-9-11-3-4-19-9/h1-5,18H,(H2,10,15)(H,11,13). The maximum atomic E-state index is 12.0. The van der Waals surface area contributed by atoms with Gasteiger partial charge in [-0.15, -0.1) is 11.3 Å². The van der Waals surface area contributed by atoms with Crippen LogP contribution in [0.15, 0.2) is 34.8 Å². The first-order valence-corrected chi connectivity index (χ1v) is 7.83. The second kappa shape index (κ2) is 5.64. The Morgan fingerprint density at radius 1 is 1.40 bits per heavy atom. The van der Waals surface area contributed by atoms with Gasteiger partial charge in [0.2, 0.25) is 0 Å². The molecule has 0 aliphatic rings. The molecule has 0 unspecified atom stereocenters. The summed E-state index contributed by atoms with van der Waals surface area (Å²) >= 11 is 4.97.